The van der Waals surface area contributed by atoms with Crippen molar-refractivity contribution in [2.75, 3.05) is 19.6 Å². The molecule has 2 heteroatoms. The highest BCUT2D eigenvalue weighted by molar-refractivity contribution is 5.19. The molecule has 1 aromatic rings. The average Bonchev–Trinajstić information content (AvgIpc) is 2.71. The Labute approximate surface area is 118 Å². The van der Waals surface area contributed by atoms with Crippen LogP contribution in [-0.4, -0.2) is 30.6 Å². The Bertz CT molecular complexity index is 350. The molecule has 1 aliphatic rings. The highest BCUT2D eigenvalue weighted by atomic mass is 15.2. The molecule has 2 atom stereocenters. The molecule has 1 aliphatic heterocycles. The second-order valence-electron chi connectivity index (χ2n) is 5.62. The molecule has 0 saturated carbocycles. The molecule has 106 valence electrons. The number of benzene rings is 1. The van der Waals surface area contributed by atoms with Gasteiger partial charge in [-0.2, -0.15) is 0 Å². The van der Waals surface area contributed by atoms with E-state index in [1.54, 1.807) is 0 Å². The molecule has 0 amide bonds. The number of hydrogen-bond acceptors (Lipinski definition) is 2. The Balaban J connectivity index is 2.06. The summed E-state index contributed by atoms with van der Waals surface area (Å²) in [6, 6.07) is 12.2. The van der Waals surface area contributed by atoms with E-state index in [1.165, 1.54) is 37.8 Å². The van der Waals surface area contributed by atoms with Crippen LogP contribution in [0.3, 0.4) is 0 Å². The summed E-state index contributed by atoms with van der Waals surface area (Å²) in [5.41, 5.74) is 1.43. The van der Waals surface area contributed by atoms with Gasteiger partial charge in [0, 0.05) is 18.6 Å². The second kappa shape index (κ2) is 7.66. The van der Waals surface area contributed by atoms with Gasteiger partial charge in [-0.05, 0) is 37.9 Å². The van der Waals surface area contributed by atoms with Crippen molar-refractivity contribution < 1.29 is 0 Å². The summed E-state index contributed by atoms with van der Waals surface area (Å²) in [5.74, 6) is 0. The molecule has 0 spiro atoms. The van der Waals surface area contributed by atoms with Gasteiger partial charge in [-0.1, -0.05) is 50.6 Å². The van der Waals surface area contributed by atoms with E-state index in [0.29, 0.717) is 6.04 Å². The Kier molecular flexibility index (Phi) is 5.87. The van der Waals surface area contributed by atoms with Crippen molar-refractivity contribution in [2.45, 2.75) is 51.6 Å². The van der Waals surface area contributed by atoms with Crippen molar-refractivity contribution in [3.8, 4) is 0 Å². The van der Waals surface area contributed by atoms with Gasteiger partial charge in [0.25, 0.3) is 0 Å². The van der Waals surface area contributed by atoms with Gasteiger partial charge >= 0.3 is 0 Å². The highest BCUT2D eigenvalue weighted by Gasteiger charge is 2.23. The summed E-state index contributed by atoms with van der Waals surface area (Å²) >= 11 is 0. The Hall–Kier alpha value is -0.860. The zero-order chi connectivity index (χ0) is 13.5. The van der Waals surface area contributed by atoms with Crippen molar-refractivity contribution >= 4 is 0 Å². The van der Waals surface area contributed by atoms with Crippen LogP contribution >= 0.6 is 0 Å². The molecule has 0 radical (unpaired) electrons. The van der Waals surface area contributed by atoms with Gasteiger partial charge in [0.2, 0.25) is 0 Å². The molecule has 2 nitrogen and oxygen atoms in total. The van der Waals surface area contributed by atoms with Crippen LogP contribution in [0.15, 0.2) is 30.3 Å². The lowest BCUT2D eigenvalue weighted by Gasteiger charge is -2.32. The van der Waals surface area contributed by atoms with Crippen LogP contribution in [0.2, 0.25) is 0 Å². The van der Waals surface area contributed by atoms with E-state index in [9.17, 15) is 0 Å². The maximum absolute atomic E-state index is 3.71. The number of nitrogens with zero attached hydrogens (tertiary/aromatic N) is 1. The minimum atomic E-state index is 0.495. The molecule has 0 aliphatic carbocycles. The monoisotopic (exact) mass is 260 g/mol. The SMILES string of the molecule is CCCC(CC)N1CCCNC(c2ccccc2)C1. The Morgan fingerprint density at radius 1 is 1.26 bits per heavy atom. The lowest BCUT2D eigenvalue weighted by molar-refractivity contribution is 0.177. The number of nitrogens with one attached hydrogen (secondary N) is 1. The smallest absolute Gasteiger partial charge is 0.0449 e. The highest BCUT2D eigenvalue weighted by Crippen LogP contribution is 2.21. The summed E-state index contributed by atoms with van der Waals surface area (Å²) in [6.07, 6.45) is 5.16. The van der Waals surface area contributed by atoms with Crippen molar-refractivity contribution in [1.29, 1.82) is 0 Å². The predicted molar refractivity (Wildman–Crippen MR) is 82.4 cm³/mol. The average molecular weight is 260 g/mol. The zero-order valence-electron chi connectivity index (χ0n) is 12.4. The summed E-state index contributed by atoms with van der Waals surface area (Å²) < 4.78 is 0. The van der Waals surface area contributed by atoms with Gasteiger partial charge in [0.15, 0.2) is 0 Å². The molecule has 2 unspecified atom stereocenters. The second-order valence-corrected chi connectivity index (χ2v) is 5.62. The standard InChI is InChI=1S/C17H28N2/c1-3-9-16(4-2)19-13-8-12-18-17(14-19)15-10-6-5-7-11-15/h5-7,10-11,16-18H,3-4,8-9,12-14H2,1-2H3. The normalized spacial score (nSPS) is 22.9. The third-order valence-electron chi connectivity index (χ3n) is 4.24. The molecule has 2 rings (SSSR count). The Morgan fingerprint density at radius 3 is 2.74 bits per heavy atom. The van der Waals surface area contributed by atoms with Crippen LogP contribution in [0.5, 0.6) is 0 Å². The summed E-state index contributed by atoms with van der Waals surface area (Å²) in [6.45, 7) is 8.17. The van der Waals surface area contributed by atoms with E-state index < -0.39 is 0 Å². The van der Waals surface area contributed by atoms with Crippen LogP contribution in [0.25, 0.3) is 0 Å². The maximum Gasteiger partial charge on any atom is 0.0449 e. The fraction of sp³-hybridized carbons (Fsp3) is 0.647. The van der Waals surface area contributed by atoms with Crippen molar-refractivity contribution in [3.63, 3.8) is 0 Å². The van der Waals surface area contributed by atoms with Crippen molar-refractivity contribution in [1.82, 2.24) is 10.2 Å². The molecular formula is C17H28N2. The summed E-state index contributed by atoms with van der Waals surface area (Å²) in [5, 5.41) is 3.71. The van der Waals surface area contributed by atoms with Crippen LogP contribution in [0.4, 0.5) is 0 Å². The van der Waals surface area contributed by atoms with E-state index in [-0.39, 0.29) is 0 Å². The largest absolute Gasteiger partial charge is 0.309 e. The number of hydrogen-bond donors (Lipinski definition) is 1. The molecule has 0 aromatic heterocycles. The van der Waals surface area contributed by atoms with E-state index in [0.717, 1.165) is 19.1 Å². The fourth-order valence-corrected chi connectivity index (χ4v) is 3.17. The zero-order valence-corrected chi connectivity index (χ0v) is 12.4. The molecule has 1 aromatic carbocycles. The van der Waals surface area contributed by atoms with E-state index >= 15 is 0 Å². The predicted octanol–water partition coefficient (Wildman–Crippen LogP) is 3.60. The first kappa shape index (κ1) is 14.5. The Morgan fingerprint density at radius 2 is 2.05 bits per heavy atom. The van der Waals surface area contributed by atoms with E-state index in [2.05, 4.69) is 54.4 Å². The topological polar surface area (TPSA) is 15.3 Å². The molecule has 1 heterocycles. The molecular weight excluding hydrogens is 232 g/mol. The van der Waals surface area contributed by atoms with Crippen LogP contribution < -0.4 is 5.32 Å². The summed E-state index contributed by atoms with van der Waals surface area (Å²) in [7, 11) is 0. The summed E-state index contributed by atoms with van der Waals surface area (Å²) in [4.78, 5) is 2.71. The molecule has 19 heavy (non-hydrogen) atoms. The van der Waals surface area contributed by atoms with Gasteiger partial charge in [-0.15, -0.1) is 0 Å². The molecule has 1 fully saturated rings. The van der Waals surface area contributed by atoms with E-state index in [4.69, 9.17) is 0 Å². The first-order chi connectivity index (χ1) is 9.35. The van der Waals surface area contributed by atoms with Gasteiger partial charge < -0.3 is 5.32 Å². The van der Waals surface area contributed by atoms with Gasteiger partial charge in [0.05, 0.1) is 0 Å². The molecule has 0 bridgehead atoms. The van der Waals surface area contributed by atoms with Crippen molar-refractivity contribution in [3.05, 3.63) is 35.9 Å². The molecule has 1 N–H and O–H groups in total. The third kappa shape index (κ3) is 4.05. The fourth-order valence-electron chi connectivity index (χ4n) is 3.17. The minimum absolute atomic E-state index is 0.495. The lowest BCUT2D eigenvalue weighted by atomic mass is 10.0. The first-order valence-electron chi connectivity index (χ1n) is 7.87. The van der Waals surface area contributed by atoms with E-state index in [1.807, 2.05) is 0 Å². The van der Waals surface area contributed by atoms with Crippen LogP contribution in [0, 0.1) is 0 Å². The van der Waals surface area contributed by atoms with Gasteiger partial charge in [0.1, 0.15) is 0 Å². The first-order valence-corrected chi connectivity index (χ1v) is 7.87. The molecule has 1 saturated heterocycles. The van der Waals surface area contributed by atoms with Crippen LogP contribution in [-0.2, 0) is 0 Å². The van der Waals surface area contributed by atoms with Crippen LogP contribution in [0.1, 0.15) is 51.1 Å². The number of rotatable bonds is 5. The maximum atomic E-state index is 3.71. The van der Waals surface area contributed by atoms with Gasteiger partial charge in [-0.3, -0.25) is 4.90 Å². The quantitative estimate of drug-likeness (QED) is 0.870. The lowest BCUT2D eigenvalue weighted by Crippen LogP contribution is -2.38. The minimum Gasteiger partial charge on any atom is -0.309 e. The van der Waals surface area contributed by atoms with Crippen molar-refractivity contribution in [2.24, 2.45) is 0 Å². The van der Waals surface area contributed by atoms with Gasteiger partial charge in [-0.25, -0.2) is 0 Å². The third-order valence-corrected chi connectivity index (χ3v) is 4.24.